The van der Waals surface area contributed by atoms with Crippen molar-refractivity contribution >= 4 is 17.5 Å². The Bertz CT molecular complexity index is 865. The topological polar surface area (TPSA) is 98.3 Å². The Morgan fingerprint density at radius 3 is 2.35 bits per heavy atom. The van der Waals surface area contributed by atoms with Crippen LogP contribution in [0.5, 0.6) is 23.1 Å². The van der Waals surface area contributed by atoms with Crippen molar-refractivity contribution in [2.24, 2.45) is 0 Å². The van der Waals surface area contributed by atoms with Gasteiger partial charge in [0.25, 0.3) is 0 Å². The van der Waals surface area contributed by atoms with Gasteiger partial charge < -0.3 is 34.1 Å². The van der Waals surface area contributed by atoms with Gasteiger partial charge in [0.2, 0.25) is 11.6 Å². The molecule has 1 aromatic heterocycles. The third-order valence-electron chi connectivity index (χ3n) is 4.95. The predicted octanol–water partition coefficient (Wildman–Crippen LogP) is 2.64. The average Bonchev–Trinajstić information content (AvgIpc) is 2.78. The zero-order chi connectivity index (χ0) is 22.4. The lowest BCUT2D eigenvalue weighted by Gasteiger charge is -2.32. The minimum absolute atomic E-state index is 0.154. The molecule has 0 aliphatic carbocycles. The molecule has 1 fully saturated rings. The van der Waals surface area contributed by atoms with Crippen molar-refractivity contribution in [2.45, 2.75) is 18.9 Å². The Morgan fingerprint density at radius 2 is 1.81 bits per heavy atom. The maximum absolute atomic E-state index is 12.9. The normalized spacial score (nSPS) is 15.8. The first-order chi connectivity index (χ1) is 14.9. The van der Waals surface area contributed by atoms with E-state index in [4.69, 9.17) is 18.9 Å². The third kappa shape index (κ3) is 5.39. The molecule has 10 nitrogen and oxygen atoms in total. The standard InChI is InChI=1S/C21H29N5O5/c1-25(2)18-8-9-19(24-23-18)31-15-7-6-10-26(13-15)21(27)22-14-11-16(28-3)20(30-5)17(12-14)29-4/h8-9,11-12,15H,6-7,10,13H2,1-5H3,(H,22,27). The van der Waals surface area contributed by atoms with Gasteiger partial charge in [-0.05, 0) is 18.9 Å². The van der Waals surface area contributed by atoms with Crippen LogP contribution in [0.4, 0.5) is 16.3 Å². The highest BCUT2D eigenvalue weighted by molar-refractivity contribution is 5.90. The summed E-state index contributed by atoms with van der Waals surface area (Å²) < 4.78 is 22.0. The lowest BCUT2D eigenvalue weighted by molar-refractivity contribution is 0.102. The van der Waals surface area contributed by atoms with E-state index in [9.17, 15) is 4.79 Å². The van der Waals surface area contributed by atoms with E-state index >= 15 is 0 Å². The highest BCUT2D eigenvalue weighted by Crippen LogP contribution is 2.40. The molecule has 1 saturated heterocycles. The van der Waals surface area contributed by atoms with Crippen molar-refractivity contribution in [3.05, 3.63) is 24.3 Å². The van der Waals surface area contributed by atoms with Gasteiger partial charge in [0.05, 0.1) is 33.6 Å². The third-order valence-corrected chi connectivity index (χ3v) is 4.95. The molecule has 3 rings (SSSR count). The van der Waals surface area contributed by atoms with Crippen LogP contribution in [-0.2, 0) is 0 Å². The zero-order valence-electron chi connectivity index (χ0n) is 18.5. The van der Waals surface area contributed by atoms with Gasteiger partial charge in [-0.15, -0.1) is 10.2 Å². The zero-order valence-corrected chi connectivity index (χ0v) is 18.5. The Hall–Kier alpha value is -3.43. The molecule has 2 amide bonds. The van der Waals surface area contributed by atoms with Crippen LogP contribution in [0.25, 0.3) is 0 Å². The largest absolute Gasteiger partial charge is 0.493 e. The first-order valence-electron chi connectivity index (χ1n) is 9.98. The van der Waals surface area contributed by atoms with Crippen LogP contribution in [-0.4, -0.2) is 75.7 Å². The molecular weight excluding hydrogens is 402 g/mol. The van der Waals surface area contributed by atoms with Crippen molar-refractivity contribution in [2.75, 3.05) is 58.7 Å². The molecular formula is C21H29N5O5. The fraction of sp³-hybridized carbons (Fsp3) is 0.476. The van der Waals surface area contributed by atoms with Crippen LogP contribution in [0.2, 0.25) is 0 Å². The summed E-state index contributed by atoms with van der Waals surface area (Å²) in [7, 11) is 8.39. The van der Waals surface area contributed by atoms with Gasteiger partial charge in [-0.1, -0.05) is 0 Å². The average molecular weight is 431 g/mol. The van der Waals surface area contributed by atoms with E-state index in [2.05, 4.69) is 15.5 Å². The molecule has 10 heteroatoms. The molecule has 0 radical (unpaired) electrons. The molecule has 0 spiro atoms. The SMILES string of the molecule is COc1cc(NC(=O)N2CCCC(Oc3ccc(N(C)C)nn3)C2)cc(OC)c1OC. The summed E-state index contributed by atoms with van der Waals surface area (Å²) in [5.41, 5.74) is 0.549. The lowest BCUT2D eigenvalue weighted by atomic mass is 10.1. The fourth-order valence-electron chi connectivity index (χ4n) is 3.36. The number of ether oxygens (including phenoxy) is 4. The number of hydrogen-bond donors (Lipinski definition) is 1. The van der Waals surface area contributed by atoms with Crippen LogP contribution in [0.3, 0.4) is 0 Å². The van der Waals surface area contributed by atoms with Gasteiger partial charge in [0, 0.05) is 38.8 Å². The Labute approximate surface area is 182 Å². The lowest BCUT2D eigenvalue weighted by Crippen LogP contribution is -2.46. The van der Waals surface area contributed by atoms with Crippen molar-refractivity contribution in [3.63, 3.8) is 0 Å². The Balaban J connectivity index is 1.64. The van der Waals surface area contributed by atoms with Gasteiger partial charge in [-0.3, -0.25) is 0 Å². The number of rotatable bonds is 7. The first-order valence-corrected chi connectivity index (χ1v) is 9.98. The molecule has 2 aromatic rings. The summed E-state index contributed by atoms with van der Waals surface area (Å²) in [5.74, 6) is 2.61. The maximum atomic E-state index is 12.9. The number of aromatic nitrogens is 2. The Kier molecular flexibility index (Phi) is 7.22. The number of amides is 2. The number of benzene rings is 1. The quantitative estimate of drug-likeness (QED) is 0.715. The molecule has 1 aliphatic rings. The van der Waals surface area contributed by atoms with Gasteiger partial charge in [0.15, 0.2) is 17.3 Å². The van der Waals surface area contributed by atoms with Crippen LogP contribution >= 0.6 is 0 Å². The number of methoxy groups -OCH3 is 3. The summed E-state index contributed by atoms with van der Waals surface area (Å²) in [6.07, 6.45) is 1.51. The van der Waals surface area contributed by atoms with E-state index in [-0.39, 0.29) is 12.1 Å². The summed E-state index contributed by atoms with van der Waals surface area (Å²) >= 11 is 0. The molecule has 31 heavy (non-hydrogen) atoms. The summed E-state index contributed by atoms with van der Waals surface area (Å²) in [5, 5.41) is 11.1. The van der Waals surface area contributed by atoms with E-state index in [1.807, 2.05) is 25.1 Å². The molecule has 1 unspecified atom stereocenters. The van der Waals surface area contributed by atoms with Gasteiger partial charge in [-0.2, -0.15) is 0 Å². The smallest absolute Gasteiger partial charge is 0.321 e. The van der Waals surface area contributed by atoms with Crippen molar-refractivity contribution in [1.29, 1.82) is 0 Å². The van der Waals surface area contributed by atoms with Crippen molar-refractivity contribution in [1.82, 2.24) is 15.1 Å². The second-order valence-electron chi connectivity index (χ2n) is 7.30. The fourth-order valence-corrected chi connectivity index (χ4v) is 3.36. The van der Waals surface area contributed by atoms with Crippen LogP contribution in [0, 0.1) is 0 Å². The Morgan fingerprint density at radius 1 is 1.10 bits per heavy atom. The number of urea groups is 1. The van der Waals surface area contributed by atoms with E-state index in [1.54, 1.807) is 23.1 Å². The number of piperidine rings is 1. The van der Waals surface area contributed by atoms with E-state index in [0.717, 1.165) is 18.7 Å². The number of nitrogens with zero attached hydrogens (tertiary/aromatic N) is 4. The molecule has 1 aromatic carbocycles. The van der Waals surface area contributed by atoms with Crippen LogP contribution in [0.15, 0.2) is 24.3 Å². The summed E-state index contributed by atoms with van der Waals surface area (Å²) in [4.78, 5) is 16.4. The maximum Gasteiger partial charge on any atom is 0.321 e. The number of anilines is 2. The second-order valence-corrected chi connectivity index (χ2v) is 7.30. The second kappa shape index (κ2) is 10.1. The van der Waals surface area contributed by atoms with Gasteiger partial charge in [-0.25, -0.2) is 4.79 Å². The van der Waals surface area contributed by atoms with E-state index < -0.39 is 0 Å². The number of carbonyl (C=O) groups is 1. The minimum Gasteiger partial charge on any atom is -0.493 e. The molecule has 1 aliphatic heterocycles. The van der Waals surface area contributed by atoms with Gasteiger partial charge in [0.1, 0.15) is 6.10 Å². The molecule has 168 valence electrons. The predicted molar refractivity (Wildman–Crippen MR) is 117 cm³/mol. The van der Waals surface area contributed by atoms with Crippen LogP contribution < -0.4 is 29.2 Å². The molecule has 1 N–H and O–H groups in total. The molecule has 0 bridgehead atoms. The van der Waals surface area contributed by atoms with Crippen LogP contribution in [0.1, 0.15) is 12.8 Å². The summed E-state index contributed by atoms with van der Waals surface area (Å²) in [6.45, 7) is 1.09. The highest BCUT2D eigenvalue weighted by atomic mass is 16.5. The molecule has 0 saturated carbocycles. The van der Waals surface area contributed by atoms with Crippen molar-refractivity contribution < 1.29 is 23.7 Å². The molecule has 2 heterocycles. The van der Waals surface area contributed by atoms with Crippen molar-refractivity contribution in [3.8, 4) is 23.1 Å². The minimum atomic E-state index is -0.225. The summed E-state index contributed by atoms with van der Waals surface area (Å²) in [6, 6.07) is 6.80. The molecule has 1 atom stereocenters. The van der Waals surface area contributed by atoms with E-state index in [0.29, 0.717) is 41.9 Å². The highest BCUT2D eigenvalue weighted by Gasteiger charge is 2.26. The number of hydrogen-bond acceptors (Lipinski definition) is 8. The number of nitrogens with one attached hydrogen (secondary N) is 1. The first kappa shape index (κ1) is 22.3. The number of carbonyl (C=O) groups excluding carboxylic acids is 1. The number of likely N-dealkylation sites (tertiary alicyclic amines) is 1. The monoisotopic (exact) mass is 431 g/mol. The van der Waals surface area contributed by atoms with E-state index in [1.165, 1.54) is 21.3 Å². The van der Waals surface area contributed by atoms with Gasteiger partial charge >= 0.3 is 6.03 Å².